The van der Waals surface area contributed by atoms with E-state index in [0.29, 0.717) is 13.2 Å². The van der Waals surface area contributed by atoms with Crippen LogP contribution in [0, 0.1) is 0 Å². The summed E-state index contributed by atoms with van der Waals surface area (Å²) in [6.07, 6.45) is 5.59. The zero-order valence-corrected chi connectivity index (χ0v) is 20.4. The number of hydrogen-bond donors (Lipinski definition) is 3. The third-order valence-electron chi connectivity index (χ3n) is 7.08. The lowest BCUT2D eigenvalue weighted by Gasteiger charge is -2.31. The van der Waals surface area contributed by atoms with Gasteiger partial charge < -0.3 is 24.6 Å². The summed E-state index contributed by atoms with van der Waals surface area (Å²) < 4.78 is 10.7. The number of aryl methyl sites for hydroxylation is 1. The number of benzene rings is 2. The van der Waals surface area contributed by atoms with Crippen molar-refractivity contribution in [1.82, 2.24) is 10.4 Å². The predicted molar refractivity (Wildman–Crippen MR) is 134 cm³/mol. The average Bonchev–Trinajstić information content (AvgIpc) is 3.46. The number of nitrogens with one attached hydrogen (secondary N) is 1. The van der Waals surface area contributed by atoms with Gasteiger partial charge in [-0.3, -0.25) is 4.79 Å². The maximum atomic E-state index is 12.1. The quantitative estimate of drug-likeness (QED) is 0.398. The Morgan fingerprint density at radius 1 is 1.14 bits per heavy atom. The van der Waals surface area contributed by atoms with Crippen LogP contribution < -0.4 is 15.1 Å². The summed E-state index contributed by atoms with van der Waals surface area (Å²) in [5.74, 6) is 0.381. The van der Waals surface area contributed by atoms with Crippen molar-refractivity contribution in [3.63, 3.8) is 0 Å². The predicted octanol–water partition coefficient (Wildman–Crippen LogP) is 2.69. The van der Waals surface area contributed by atoms with Gasteiger partial charge >= 0.3 is 0 Å². The second kappa shape index (κ2) is 11.0. The smallest absolute Gasteiger partial charge is 0.267 e. The molecular formula is C27H33N3O6. The number of nitrogens with zero attached hydrogens (tertiary/aromatic N) is 2. The second-order valence-electron chi connectivity index (χ2n) is 9.36. The highest BCUT2D eigenvalue weighted by Gasteiger charge is 2.43. The lowest BCUT2D eigenvalue weighted by atomic mass is 10.0. The molecule has 0 aromatic heterocycles. The topological polar surface area (TPSA) is 104 Å². The summed E-state index contributed by atoms with van der Waals surface area (Å²) in [6, 6.07) is 13.4. The average molecular weight is 496 g/mol. The van der Waals surface area contributed by atoms with Crippen LogP contribution in [-0.4, -0.2) is 60.2 Å². The molecule has 1 amide bonds. The van der Waals surface area contributed by atoms with Crippen LogP contribution in [0.2, 0.25) is 0 Å². The minimum atomic E-state index is -0.944. The first-order valence-corrected chi connectivity index (χ1v) is 12.5. The van der Waals surface area contributed by atoms with Gasteiger partial charge in [0.25, 0.3) is 5.91 Å². The lowest BCUT2D eigenvalue weighted by Crippen LogP contribution is -2.41. The Hall–Kier alpha value is -2.95. The molecule has 2 aliphatic heterocycles. The van der Waals surface area contributed by atoms with Gasteiger partial charge in [-0.1, -0.05) is 18.2 Å². The first-order valence-electron chi connectivity index (χ1n) is 12.5. The minimum Gasteiger partial charge on any atom is -0.497 e. The molecule has 9 nitrogen and oxygen atoms in total. The molecule has 3 aliphatic rings. The lowest BCUT2D eigenvalue weighted by molar-refractivity contribution is -0.198. The van der Waals surface area contributed by atoms with E-state index in [1.54, 1.807) is 18.1 Å². The number of aliphatic hydroxyl groups excluding tert-OH is 2. The molecule has 0 bridgehead atoms. The van der Waals surface area contributed by atoms with E-state index in [1.807, 2.05) is 41.3 Å². The Balaban J connectivity index is 1.22. The molecule has 2 aromatic rings. The van der Waals surface area contributed by atoms with Gasteiger partial charge in [0.05, 0.1) is 7.11 Å². The molecule has 36 heavy (non-hydrogen) atoms. The van der Waals surface area contributed by atoms with Gasteiger partial charge in [0.2, 0.25) is 0 Å². The number of carbonyl (C=O) groups excluding carboxylic acids is 1. The van der Waals surface area contributed by atoms with Gasteiger partial charge in [-0.25, -0.2) is 15.2 Å². The van der Waals surface area contributed by atoms with Crippen LogP contribution in [0.15, 0.2) is 48.5 Å². The summed E-state index contributed by atoms with van der Waals surface area (Å²) in [5, 5.41) is 21.9. The molecular weight excluding hydrogens is 462 g/mol. The monoisotopic (exact) mass is 495 g/mol. The van der Waals surface area contributed by atoms with E-state index in [4.69, 9.17) is 14.3 Å². The maximum absolute atomic E-state index is 12.1. The van der Waals surface area contributed by atoms with Crippen molar-refractivity contribution in [3.05, 3.63) is 65.2 Å². The molecule has 2 heterocycles. The van der Waals surface area contributed by atoms with Crippen molar-refractivity contribution in [1.29, 1.82) is 0 Å². The van der Waals surface area contributed by atoms with Crippen LogP contribution in [0.5, 0.6) is 5.75 Å². The van der Waals surface area contributed by atoms with Crippen LogP contribution in [0.1, 0.15) is 48.4 Å². The van der Waals surface area contributed by atoms with Gasteiger partial charge in [0, 0.05) is 37.4 Å². The summed E-state index contributed by atoms with van der Waals surface area (Å²) in [4.78, 5) is 21.0. The van der Waals surface area contributed by atoms with Crippen LogP contribution in [-0.2, 0) is 20.8 Å². The summed E-state index contributed by atoms with van der Waals surface area (Å²) in [7, 11) is 1.60. The molecule has 192 valence electrons. The first kappa shape index (κ1) is 24.7. The highest BCUT2D eigenvalue weighted by Crippen LogP contribution is 2.41. The largest absolute Gasteiger partial charge is 0.497 e. The summed E-state index contributed by atoms with van der Waals surface area (Å²) >= 11 is 0. The van der Waals surface area contributed by atoms with Crippen LogP contribution in [0.25, 0.3) is 6.08 Å². The number of rotatable bonds is 7. The van der Waals surface area contributed by atoms with E-state index in [1.165, 1.54) is 11.6 Å². The number of β-amino-alcohol motifs (C(OH)–C–C–N with tert-alkyl or cyclic N) is 1. The van der Waals surface area contributed by atoms with Crippen LogP contribution in [0.4, 0.5) is 5.69 Å². The van der Waals surface area contributed by atoms with E-state index < -0.39 is 12.6 Å². The number of carbonyl (C=O) groups is 1. The number of methoxy groups -OCH3 is 1. The molecule has 2 saturated heterocycles. The summed E-state index contributed by atoms with van der Waals surface area (Å²) in [6.45, 7) is 0.989. The number of hydrogen-bond acceptors (Lipinski definition) is 8. The number of amides is 1. The summed E-state index contributed by atoms with van der Waals surface area (Å²) in [5.41, 5.74) is 6.40. The molecule has 3 N–H and O–H groups in total. The number of ether oxygens (including phenoxy) is 2. The normalized spacial score (nSPS) is 26.4. The van der Waals surface area contributed by atoms with Gasteiger partial charge in [0.15, 0.2) is 12.6 Å². The van der Waals surface area contributed by atoms with Gasteiger partial charge in [-0.05, 0) is 72.7 Å². The third kappa shape index (κ3) is 5.25. The first-order chi connectivity index (χ1) is 17.5. The standard InChI is InChI=1S/C27H33N3O6/c1-34-21-10-8-20(9-11-21)30-25(32)17-29(27(30)33)23-13-7-19-16-18(5-12-22(19)23)6-14-24(31)28-36-26-4-2-3-15-35-26/h5-6,8-12,14,16,23,25-27,32-33H,2-4,7,13,15,17H2,1H3,(H,28,31)/b14-6+. The number of hydroxylamine groups is 1. The minimum absolute atomic E-state index is 0.00174. The zero-order chi connectivity index (χ0) is 25.1. The Bertz CT molecular complexity index is 1090. The van der Waals surface area contributed by atoms with Gasteiger partial charge in [-0.15, -0.1) is 0 Å². The van der Waals surface area contributed by atoms with Crippen molar-refractivity contribution < 1.29 is 29.3 Å². The molecule has 5 rings (SSSR count). The number of aliphatic hydroxyl groups is 2. The highest BCUT2D eigenvalue weighted by molar-refractivity contribution is 5.91. The second-order valence-corrected chi connectivity index (χ2v) is 9.36. The van der Waals surface area contributed by atoms with Crippen molar-refractivity contribution in [3.8, 4) is 5.75 Å². The van der Waals surface area contributed by atoms with Crippen molar-refractivity contribution >= 4 is 17.7 Å². The molecule has 0 radical (unpaired) electrons. The Morgan fingerprint density at radius 3 is 2.72 bits per heavy atom. The van der Waals surface area contributed by atoms with Crippen molar-refractivity contribution in [2.75, 3.05) is 25.2 Å². The molecule has 0 saturated carbocycles. The van der Waals surface area contributed by atoms with Gasteiger partial charge in [-0.2, -0.15) is 0 Å². The molecule has 4 atom stereocenters. The van der Waals surface area contributed by atoms with Crippen LogP contribution in [0.3, 0.4) is 0 Å². The molecule has 2 fully saturated rings. The Morgan fingerprint density at radius 2 is 1.97 bits per heavy atom. The molecule has 2 aromatic carbocycles. The van der Waals surface area contributed by atoms with E-state index in [-0.39, 0.29) is 18.2 Å². The fourth-order valence-corrected chi connectivity index (χ4v) is 5.23. The fraction of sp³-hybridized carbons (Fsp3) is 0.444. The van der Waals surface area contributed by atoms with E-state index in [0.717, 1.165) is 54.7 Å². The third-order valence-corrected chi connectivity index (χ3v) is 7.08. The van der Waals surface area contributed by atoms with E-state index in [2.05, 4.69) is 11.5 Å². The maximum Gasteiger partial charge on any atom is 0.267 e. The molecule has 9 heteroatoms. The Labute approximate surface area is 210 Å². The molecule has 4 unspecified atom stereocenters. The Kier molecular flexibility index (Phi) is 7.54. The van der Waals surface area contributed by atoms with E-state index >= 15 is 0 Å². The van der Waals surface area contributed by atoms with Crippen LogP contribution >= 0.6 is 0 Å². The molecule has 1 aliphatic carbocycles. The fourth-order valence-electron chi connectivity index (χ4n) is 5.23. The SMILES string of the molecule is COc1ccc(N2C(O)CN(C3CCc4cc(/C=C/C(=O)NOC5CCCCO5)ccc43)C2O)cc1. The zero-order valence-electron chi connectivity index (χ0n) is 20.4. The number of anilines is 1. The van der Waals surface area contributed by atoms with E-state index in [9.17, 15) is 15.0 Å². The number of fused-ring (bicyclic) bond motifs is 1. The van der Waals surface area contributed by atoms with Gasteiger partial charge in [0.1, 0.15) is 12.0 Å². The van der Waals surface area contributed by atoms with Crippen molar-refractivity contribution in [2.45, 2.75) is 57.0 Å². The molecule has 0 spiro atoms. The van der Waals surface area contributed by atoms with Crippen molar-refractivity contribution in [2.24, 2.45) is 0 Å². The highest BCUT2D eigenvalue weighted by atomic mass is 16.8.